The summed E-state index contributed by atoms with van der Waals surface area (Å²) < 4.78 is 52.4. The minimum atomic E-state index is -4.26. The van der Waals surface area contributed by atoms with Crippen LogP contribution in [0.3, 0.4) is 0 Å². The van der Waals surface area contributed by atoms with Crippen molar-refractivity contribution in [2.45, 2.75) is 4.90 Å². The van der Waals surface area contributed by atoms with Crippen LogP contribution in [0.1, 0.15) is 26.3 Å². The van der Waals surface area contributed by atoms with Gasteiger partial charge in [0.05, 0.1) is 35.9 Å². The molecule has 1 N–H and O–H groups in total. The lowest BCUT2D eigenvalue weighted by Gasteiger charge is -2.14. The molecule has 0 unspecified atom stereocenters. The molecule has 0 aliphatic carbocycles. The van der Waals surface area contributed by atoms with Crippen molar-refractivity contribution in [3.05, 3.63) is 95.3 Å². The summed E-state index contributed by atoms with van der Waals surface area (Å²) in [5.41, 5.74) is 0.596. The molecular formula is C23H19FN2O6S. The van der Waals surface area contributed by atoms with Crippen LogP contribution in [0.2, 0.25) is 0 Å². The fourth-order valence-corrected chi connectivity index (χ4v) is 3.81. The van der Waals surface area contributed by atoms with E-state index in [0.717, 1.165) is 24.3 Å². The number of hydrogen-bond donors (Lipinski definition) is 1. The normalized spacial score (nSPS) is 11.5. The van der Waals surface area contributed by atoms with Crippen LogP contribution in [0.25, 0.3) is 0 Å². The molecule has 3 aromatic rings. The zero-order valence-corrected chi connectivity index (χ0v) is 18.4. The van der Waals surface area contributed by atoms with E-state index < -0.39 is 27.8 Å². The topological polar surface area (TPSA) is 111 Å². The summed E-state index contributed by atoms with van der Waals surface area (Å²) in [5.74, 6) is -2.11. The number of esters is 2. The largest absolute Gasteiger partial charge is 0.465 e. The zero-order chi connectivity index (χ0) is 24.0. The first kappa shape index (κ1) is 23.6. The third-order valence-corrected chi connectivity index (χ3v) is 5.76. The molecule has 3 aromatic carbocycles. The van der Waals surface area contributed by atoms with Crippen molar-refractivity contribution < 1.29 is 31.9 Å². The second kappa shape index (κ2) is 10.0. The Balaban J connectivity index is 2.16. The first-order valence-electron chi connectivity index (χ1n) is 9.49. The molecule has 0 amide bonds. The van der Waals surface area contributed by atoms with E-state index in [0.29, 0.717) is 5.56 Å². The molecule has 33 heavy (non-hydrogen) atoms. The molecule has 10 heteroatoms. The predicted molar refractivity (Wildman–Crippen MR) is 119 cm³/mol. The smallest absolute Gasteiger partial charge is 0.339 e. The van der Waals surface area contributed by atoms with E-state index >= 15 is 0 Å². The number of hydrogen-bond acceptors (Lipinski definition) is 6. The Morgan fingerprint density at radius 2 is 1.48 bits per heavy atom. The lowest BCUT2D eigenvalue weighted by atomic mass is 10.1. The van der Waals surface area contributed by atoms with Crippen LogP contribution in [0, 0.1) is 5.82 Å². The number of methoxy groups -OCH3 is 2. The van der Waals surface area contributed by atoms with Gasteiger partial charge < -0.3 is 14.8 Å². The second-order valence-electron chi connectivity index (χ2n) is 6.60. The van der Waals surface area contributed by atoms with Crippen LogP contribution in [0.5, 0.6) is 0 Å². The minimum Gasteiger partial charge on any atom is -0.465 e. The van der Waals surface area contributed by atoms with Gasteiger partial charge in [0.2, 0.25) is 0 Å². The molecule has 0 bridgehead atoms. The van der Waals surface area contributed by atoms with Crippen LogP contribution in [-0.4, -0.2) is 40.4 Å². The molecular weight excluding hydrogens is 451 g/mol. The van der Waals surface area contributed by atoms with E-state index in [2.05, 4.69) is 9.71 Å². The van der Waals surface area contributed by atoms with Crippen molar-refractivity contribution in [3.63, 3.8) is 0 Å². The Morgan fingerprint density at radius 1 is 0.848 bits per heavy atom. The molecule has 0 radical (unpaired) electrons. The number of ether oxygens (including phenoxy) is 2. The Hall–Kier alpha value is -4.05. The van der Waals surface area contributed by atoms with Gasteiger partial charge in [-0.2, -0.15) is 8.42 Å². The molecule has 0 aliphatic heterocycles. The maximum absolute atomic E-state index is 13.3. The fourth-order valence-electron chi connectivity index (χ4n) is 2.83. The van der Waals surface area contributed by atoms with Gasteiger partial charge in [0.1, 0.15) is 5.82 Å². The fraction of sp³-hybridized carbons (Fsp3) is 0.0870. The minimum absolute atomic E-state index is 0.0352. The van der Waals surface area contributed by atoms with Crippen molar-refractivity contribution in [1.82, 2.24) is 0 Å². The van der Waals surface area contributed by atoms with Crippen molar-refractivity contribution in [2.24, 2.45) is 4.40 Å². The first-order chi connectivity index (χ1) is 15.7. The van der Waals surface area contributed by atoms with Gasteiger partial charge in [-0.25, -0.2) is 14.0 Å². The number of benzene rings is 3. The maximum atomic E-state index is 13.3. The monoisotopic (exact) mass is 470 g/mol. The molecule has 0 aromatic heterocycles. The maximum Gasteiger partial charge on any atom is 0.339 e. The quantitative estimate of drug-likeness (QED) is 0.333. The SMILES string of the molecule is COC(=O)c1ccc(C(=O)OC)c(N/C(=N\S(=O)(=O)c2ccc(F)cc2)c2ccccc2)c1. The van der Waals surface area contributed by atoms with Crippen LogP contribution < -0.4 is 5.32 Å². The summed E-state index contributed by atoms with van der Waals surface area (Å²) in [7, 11) is -1.87. The number of nitrogens with one attached hydrogen (secondary N) is 1. The van der Waals surface area contributed by atoms with Crippen LogP contribution in [0.4, 0.5) is 10.1 Å². The van der Waals surface area contributed by atoms with Crippen LogP contribution >= 0.6 is 0 Å². The highest BCUT2D eigenvalue weighted by Gasteiger charge is 2.20. The highest BCUT2D eigenvalue weighted by Crippen LogP contribution is 2.22. The summed E-state index contributed by atoms with van der Waals surface area (Å²) >= 11 is 0. The summed E-state index contributed by atoms with van der Waals surface area (Å²) in [6.45, 7) is 0. The van der Waals surface area contributed by atoms with Crippen LogP contribution in [-0.2, 0) is 19.5 Å². The molecule has 0 fully saturated rings. The summed E-state index contributed by atoms with van der Waals surface area (Å²) in [6, 6.07) is 16.5. The molecule has 3 rings (SSSR count). The Bertz CT molecular complexity index is 1310. The van der Waals surface area contributed by atoms with Crippen molar-refractivity contribution in [1.29, 1.82) is 0 Å². The van der Waals surface area contributed by atoms with Gasteiger partial charge >= 0.3 is 11.9 Å². The van der Waals surface area contributed by atoms with Gasteiger partial charge in [0, 0.05) is 5.56 Å². The number of halogens is 1. The van der Waals surface area contributed by atoms with E-state index in [1.165, 1.54) is 32.4 Å². The predicted octanol–water partition coefficient (Wildman–Crippen LogP) is 3.65. The van der Waals surface area contributed by atoms with Gasteiger partial charge in [-0.3, -0.25) is 0 Å². The Labute approximate surface area is 189 Å². The first-order valence-corrected chi connectivity index (χ1v) is 10.9. The average molecular weight is 470 g/mol. The molecule has 170 valence electrons. The summed E-state index contributed by atoms with van der Waals surface area (Å²) in [5, 5.41) is 2.82. The molecule has 0 saturated heterocycles. The standard InChI is InChI=1S/C23H19FN2O6S/c1-31-22(27)16-8-13-19(23(28)32-2)20(14-16)25-21(15-6-4-3-5-7-15)26-33(29,30)18-11-9-17(24)10-12-18/h3-14H,1-2H3,(H,25,26). The molecule has 8 nitrogen and oxygen atoms in total. The van der Waals surface area contributed by atoms with E-state index in [1.54, 1.807) is 30.3 Å². The van der Waals surface area contributed by atoms with E-state index in [4.69, 9.17) is 9.47 Å². The zero-order valence-electron chi connectivity index (χ0n) is 17.6. The number of rotatable bonds is 6. The van der Waals surface area contributed by atoms with E-state index in [9.17, 15) is 22.4 Å². The summed E-state index contributed by atoms with van der Waals surface area (Å²) in [6.07, 6.45) is 0. The lowest BCUT2D eigenvalue weighted by molar-refractivity contribution is 0.0587. The van der Waals surface area contributed by atoms with Gasteiger partial charge in [-0.1, -0.05) is 30.3 Å². The van der Waals surface area contributed by atoms with Gasteiger partial charge in [0.25, 0.3) is 10.0 Å². The number of carbonyl (C=O) groups is 2. The van der Waals surface area contributed by atoms with Crippen molar-refractivity contribution in [3.8, 4) is 0 Å². The van der Waals surface area contributed by atoms with Gasteiger partial charge in [0.15, 0.2) is 5.84 Å². The van der Waals surface area contributed by atoms with Gasteiger partial charge in [-0.15, -0.1) is 4.40 Å². The van der Waals surface area contributed by atoms with E-state index in [-0.39, 0.29) is 27.5 Å². The Morgan fingerprint density at radius 3 is 2.09 bits per heavy atom. The molecule has 0 atom stereocenters. The van der Waals surface area contributed by atoms with Crippen molar-refractivity contribution in [2.75, 3.05) is 19.5 Å². The van der Waals surface area contributed by atoms with Gasteiger partial charge in [-0.05, 0) is 42.5 Å². The third-order valence-electron chi connectivity index (χ3n) is 4.47. The number of sulfonamides is 1. The second-order valence-corrected chi connectivity index (χ2v) is 8.21. The Kier molecular flexibility index (Phi) is 7.19. The lowest BCUT2D eigenvalue weighted by Crippen LogP contribution is -2.19. The van der Waals surface area contributed by atoms with Crippen LogP contribution in [0.15, 0.2) is 82.1 Å². The molecule has 0 aliphatic rings. The summed E-state index contributed by atoms with van der Waals surface area (Å²) in [4.78, 5) is 24.0. The van der Waals surface area contributed by atoms with Crippen molar-refractivity contribution >= 4 is 33.5 Å². The highest BCUT2D eigenvalue weighted by molar-refractivity contribution is 7.90. The van der Waals surface area contributed by atoms with E-state index in [1.807, 2.05) is 0 Å². The highest BCUT2D eigenvalue weighted by atomic mass is 32.2. The number of amidine groups is 1. The molecule has 0 heterocycles. The molecule has 0 spiro atoms. The number of carbonyl (C=O) groups excluding carboxylic acids is 2. The third kappa shape index (κ3) is 5.60. The average Bonchev–Trinajstić information content (AvgIpc) is 2.83. The molecule has 0 saturated carbocycles. The number of anilines is 1. The number of nitrogens with zero attached hydrogens (tertiary/aromatic N) is 1.